The van der Waals surface area contributed by atoms with Crippen molar-refractivity contribution in [1.29, 1.82) is 0 Å². The molecule has 0 unspecified atom stereocenters. The van der Waals surface area contributed by atoms with Crippen LogP contribution in [0.3, 0.4) is 0 Å². The van der Waals surface area contributed by atoms with Gasteiger partial charge in [0.25, 0.3) is 0 Å². The van der Waals surface area contributed by atoms with Crippen molar-refractivity contribution >= 4 is 17.6 Å². The molecule has 4 heteroatoms. The number of halogens is 1. The molecule has 140 valence electrons. The van der Waals surface area contributed by atoms with E-state index in [1.807, 2.05) is 0 Å². The van der Waals surface area contributed by atoms with Gasteiger partial charge in [0, 0.05) is 11.8 Å². The largest absolute Gasteiger partial charge is 0.435 e. The number of unbranched alkanes of at least 4 members (excludes halogenated alkanes) is 3. The molecule has 0 N–H and O–H groups in total. The third-order valence-electron chi connectivity index (χ3n) is 5.79. The Labute approximate surface area is 152 Å². The second-order valence-electron chi connectivity index (χ2n) is 8.21. The Bertz CT molecular complexity index is 385. The fourth-order valence-corrected chi connectivity index (χ4v) is 4.45. The van der Waals surface area contributed by atoms with Crippen LogP contribution in [0.5, 0.6) is 0 Å². The minimum atomic E-state index is -0.318. The summed E-state index contributed by atoms with van der Waals surface area (Å²) in [7, 11) is 0. The van der Waals surface area contributed by atoms with Crippen molar-refractivity contribution in [2.45, 2.75) is 91.0 Å². The lowest BCUT2D eigenvalue weighted by Gasteiger charge is -2.38. The molecule has 1 aliphatic heterocycles. The van der Waals surface area contributed by atoms with Gasteiger partial charge in [-0.3, -0.25) is 4.79 Å². The van der Waals surface area contributed by atoms with Gasteiger partial charge in [0.1, 0.15) is 0 Å². The SMILES string of the molecule is CC(C)[C@@H]1CC[C@@H](C)C[C@H]1O[C@@H]1OC(=O)C[C@H]1CCCCCCCl. The topological polar surface area (TPSA) is 35.5 Å². The lowest BCUT2D eigenvalue weighted by molar-refractivity contribution is -0.196. The van der Waals surface area contributed by atoms with Gasteiger partial charge >= 0.3 is 5.97 Å². The van der Waals surface area contributed by atoms with Crippen LogP contribution in [0.2, 0.25) is 0 Å². The van der Waals surface area contributed by atoms with Crippen LogP contribution in [0, 0.1) is 23.7 Å². The first-order valence-corrected chi connectivity index (χ1v) is 10.5. The maximum Gasteiger partial charge on any atom is 0.308 e. The summed E-state index contributed by atoms with van der Waals surface area (Å²) in [5.74, 6) is 2.80. The van der Waals surface area contributed by atoms with Gasteiger partial charge in [-0.05, 0) is 43.4 Å². The van der Waals surface area contributed by atoms with Crippen LogP contribution in [0.25, 0.3) is 0 Å². The molecular weight excluding hydrogens is 324 g/mol. The van der Waals surface area contributed by atoms with E-state index in [1.54, 1.807) is 0 Å². The number of hydrogen-bond donors (Lipinski definition) is 0. The summed E-state index contributed by atoms with van der Waals surface area (Å²) < 4.78 is 11.9. The minimum Gasteiger partial charge on any atom is -0.435 e. The highest BCUT2D eigenvalue weighted by Crippen LogP contribution is 2.38. The predicted octanol–water partition coefficient (Wildman–Crippen LogP) is 5.54. The third kappa shape index (κ3) is 5.91. The Balaban J connectivity index is 1.86. The van der Waals surface area contributed by atoms with Gasteiger partial charge in [-0.25, -0.2) is 0 Å². The average molecular weight is 359 g/mol. The fourth-order valence-electron chi connectivity index (χ4n) is 4.26. The highest BCUT2D eigenvalue weighted by Gasteiger charge is 2.40. The van der Waals surface area contributed by atoms with Crippen LogP contribution >= 0.6 is 11.6 Å². The Morgan fingerprint density at radius 3 is 2.67 bits per heavy atom. The van der Waals surface area contributed by atoms with Crippen molar-refractivity contribution in [3.8, 4) is 0 Å². The third-order valence-corrected chi connectivity index (χ3v) is 6.06. The van der Waals surface area contributed by atoms with Crippen molar-refractivity contribution in [2.75, 3.05) is 5.88 Å². The summed E-state index contributed by atoms with van der Waals surface area (Å²) in [4.78, 5) is 11.8. The first-order chi connectivity index (χ1) is 11.5. The van der Waals surface area contributed by atoms with E-state index >= 15 is 0 Å². The van der Waals surface area contributed by atoms with Crippen LogP contribution in [0.1, 0.15) is 78.6 Å². The zero-order valence-corrected chi connectivity index (χ0v) is 16.4. The lowest BCUT2D eigenvalue weighted by atomic mass is 9.75. The van der Waals surface area contributed by atoms with Gasteiger partial charge in [0.15, 0.2) is 0 Å². The molecule has 3 nitrogen and oxygen atoms in total. The van der Waals surface area contributed by atoms with E-state index < -0.39 is 0 Å². The molecule has 0 spiro atoms. The molecule has 0 bridgehead atoms. The maximum absolute atomic E-state index is 11.8. The molecule has 0 amide bonds. The number of esters is 1. The molecule has 0 aromatic heterocycles. The van der Waals surface area contributed by atoms with E-state index in [0.29, 0.717) is 24.2 Å². The number of cyclic esters (lactones) is 1. The molecule has 5 atom stereocenters. The van der Waals surface area contributed by atoms with E-state index in [4.69, 9.17) is 21.1 Å². The van der Waals surface area contributed by atoms with Crippen LogP contribution in [-0.2, 0) is 14.3 Å². The normalized spacial score (nSPS) is 33.9. The molecule has 1 saturated carbocycles. The number of carbonyl (C=O) groups excluding carboxylic acids is 1. The maximum atomic E-state index is 11.8. The minimum absolute atomic E-state index is 0.0873. The fraction of sp³-hybridized carbons (Fsp3) is 0.950. The zero-order valence-electron chi connectivity index (χ0n) is 15.6. The molecule has 1 aliphatic carbocycles. The van der Waals surface area contributed by atoms with Crippen LogP contribution in [0.4, 0.5) is 0 Å². The molecule has 2 fully saturated rings. The van der Waals surface area contributed by atoms with Gasteiger partial charge < -0.3 is 9.47 Å². The van der Waals surface area contributed by atoms with Crippen molar-refractivity contribution in [2.24, 2.45) is 23.7 Å². The number of rotatable bonds is 9. The summed E-state index contributed by atoms with van der Waals surface area (Å²) in [5, 5.41) is 0. The highest BCUT2D eigenvalue weighted by molar-refractivity contribution is 6.17. The van der Waals surface area contributed by atoms with Crippen LogP contribution < -0.4 is 0 Å². The predicted molar refractivity (Wildman–Crippen MR) is 98.0 cm³/mol. The summed E-state index contributed by atoms with van der Waals surface area (Å²) in [6, 6.07) is 0. The van der Waals surface area contributed by atoms with Gasteiger partial charge in [-0.2, -0.15) is 0 Å². The number of hydrogen-bond acceptors (Lipinski definition) is 3. The summed E-state index contributed by atoms with van der Waals surface area (Å²) in [6.45, 7) is 6.87. The standard InChI is InChI=1S/C20H35ClO3/c1-14(2)17-10-9-15(3)12-18(17)23-20-16(13-19(22)24-20)8-6-4-5-7-11-21/h14-18,20H,4-13H2,1-3H3/t15-,16-,17+,18-,20-/m1/s1. The van der Waals surface area contributed by atoms with E-state index in [2.05, 4.69) is 20.8 Å². The smallest absolute Gasteiger partial charge is 0.308 e. The second kappa shape index (κ2) is 10.0. The number of carbonyl (C=O) groups is 1. The monoisotopic (exact) mass is 358 g/mol. The van der Waals surface area contributed by atoms with Crippen molar-refractivity contribution in [1.82, 2.24) is 0 Å². The zero-order chi connectivity index (χ0) is 17.5. The van der Waals surface area contributed by atoms with Crippen molar-refractivity contribution in [3.05, 3.63) is 0 Å². The molecule has 1 saturated heterocycles. The second-order valence-corrected chi connectivity index (χ2v) is 8.59. The van der Waals surface area contributed by atoms with Gasteiger partial charge in [0.05, 0.1) is 12.5 Å². The molecule has 2 rings (SSSR count). The van der Waals surface area contributed by atoms with E-state index in [1.165, 1.54) is 25.7 Å². The van der Waals surface area contributed by atoms with Gasteiger partial charge in [-0.1, -0.05) is 46.5 Å². The molecule has 0 aromatic rings. The van der Waals surface area contributed by atoms with E-state index in [9.17, 15) is 4.79 Å². The first kappa shape index (κ1) is 20.0. The number of ether oxygens (including phenoxy) is 2. The van der Waals surface area contributed by atoms with Crippen LogP contribution in [0.15, 0.2) is 0 Å². The Kier molecular flexibility index (Phi) is 8.36. The quantitative estimate of drug-likeness (QED) is 0.308. The van der Waals surface area contributed by atoms with E-state index in [0.717, 1.165) is 31.6 Å². The molecule has 24 heavy (non-hydrogen) atoms. The first-order valence-electron chi connectivity index (χ1n) is 9.92. The van der Waals surface area contributed by atoms with E-state index in [-0.39, 0.29) is 24.3 Å². The summed E-state index contributed by atoms with van der Waals surface area (Å²) in [5.41, 5.74) is 0. The summed E-state index contributed by atoms with van der Waals surface area (Å²) >= 11 is 5.72. The Morgan fingerprint density at radius 2 is 1.96 bits per heavy atom. The molecule has 0 aromatic carbocycles. The molecule has 1 heterocycles. The number of alkyl halides is 1. The lowest BCUT2D eigenvalue weighted by Crippen LogP contribution is -2.38. The molecular formula is C20H35ClO3. The average Bonchev–Trinajstić information content (AvgIpc) is 2.86. The Morgan fingerprint density at radius 1 is 1.21 bits per heavy atom. The van der Waals surface area contributed by atoms with Crippen molar-refractivity contribution in [3.63, 3.8) is 0 Å². The van der Waals surface area contributed by atoms with Gasteiger partial charge in [-0.15, -0.1) is 11.6 Å². The van der Waals surface area contributed by atoms with Crippen LogP contribution in [-0.4, -0.2) is 24.2 Å². The highest BCUT2D eigenvalue weighted by atomic mass is 35.5. The molecule has 2 aliphatic rings. The Hall–Kier alpha value is -0.280. The van der Waals surface area contributed by atoms with Crippen molar-refractivity contribution < 1.29 is 14.3 Å². The van der Waals surface area contributed by atoms with Gasteiger partial charge in [0.2, 0.25) is 6.29 Å². The summed E-state index contributed by atoms with van der Waals surface area (Å²) in [6.07, 6.45) is 9.65. The molecule has 0 radical (unpaired) electrons.